The SMILES string of the molecule is Cc1cc(-c2cc(C)c(N=Nc3c(O)ccc4ccccc34)cc2S(=O)(=O)[O-])c(S(=O)(=O)[O-])cc1N=Nc1c(O)ccc2ccccc12.[Na+].[Na+]. The number of fused-ring (bicyclic) bond motifs is 2. The predicted molar refractivity (Wildman–Crippen MR) is 177 cm³/mol. The van der Waals surface area contributed by atoms with Gasteiger partial charge in [0.05, 0.1) is 21.2 Å². The molecule has 0 unspecified atom stereocenters. The Labute approximate surface area is 331 Å². The zero-order valence-corrected chi connectivity index (χ0v) is 32.8. The second-order valence-electron chi connectivity index (χ2n) is 10.9. The topological polar surface area (TPSA) is 204 Å². The molecule has 0 fully saturated rings. The van der Waals surface area contributed by atoms with Crippen LogP contribution in [-0.4, -0.2) is 36.2 Å². The summed E-state index contributed by atoms with van der Waals surface area (Å²) < 4.78 is 75.3. The van der Waals surface area contributed by atoms with E-state index in [9.17, 15) is 36.2 Å². The molecule has 50 heavy (non-hydrogen) atoms. The molecule has 242 valence electrons. The molecule has 0 saturated carbocycles. The summed E-state index contributed by atoms with van der Waals surface area (Å²) in [4.78, 5) is -1.69. The molecule has 0 atom stereocenters. The van der Waals surface area contributed by atoms with E-state index in [-0.39, 0.29) is 116 Å². The van der Waals surface area contributed by atoms with Crippen LogP contribution in [0.4, 0.5) is 22.7 Å². The fourth-order valence-electron chi connectivity index (χ4n) is 5.31. The van der Waals surface area contributed by atoms with E-state index < -0.39 is 30.0 Å². The third-order valence-corrected chi connectivity index (χ3v) is 9.45. The Kier molecular flexibility index (Phi) is 12.1. The van der Waals surface area contributed by atoms with E-state index in [1.165, 1.54) is 38.1 Å². The predicted octanol–water partition coefficient (Wildman–Crippen LogP) is 2.34. The summed E-state index contributed by atoms with van der Waals surface area (Å²) in [5.41, 5.74) is -0.0106. The molecule has 0 heterocycles. The van der Waals surface area contributed by atoms with Crippen LogP contribution in [0.15, 0.2) is 127 Å². The van der Waals surface area contributed by atoms with Gasteiger partial charge in [0, 0.05) is 21.9 Å². The molecule has 0 aliphatic rings. The van der Waals surface area contributed by atoms with Crippen molar-refractivity contribution in [1.82, 2.24) is 0 Å². The van der Waals surface area contributed by atoms with Gasteiger partial charge in [-0.1, -0.05) is 60.7 Å². The van der Waals surface area contributed by atoms with Crippen LogP contribution in [0.5, 0.6) is 11.5 Å². The van der Waals surface area contributed by atoms with Gasteiger partial charge < -0.3 is 19.3 Å². The average Bonchev–Trinajstić information content (AvgIpc) is 3.03. The van der Waals surface area contributed by atoms with Crippen LogP contribution >= 0.6 is 0 Å². The summed E-state index contributed by atoms with van der Waals surface area (Å²) in [5.74, 6) is -0.367. The molecule has 0 amide bonds. The van der Waals surface area contributed by atoms with Crippen molar-refractivity contribution >= 4 is 64.5 Å². The first-order valence-electron chi connectivity index (χ1n) is 14.2. The summed E-state index contributed by atoms with van der Waals surface area (Å²) >= 11 is 0. The number of phenols is 2. The van der Waals surface area contributed by atoms with Gasteiger partial charge in [0.1, 0.15) is 43.1 Å². The molecule has 0 spiro atoms. The van der Waals surface area contributed by atoms with E-state index in [1.807, 2.05) is 0 Å². The Balaban J connectivity index is 0.00000281. The molecular formula is C34H24N4Na2O8S2. The first-order chi connectivity index (χ1) is 22.7. The minimum absolute atomic E-state index is 0. The van der Waals surface area contributed by atoms with Gasteiger partial charge in [-0.25, -0.2) is 16.8 Å². The van der Waals surface area contributed by atoms with Crippen LogP contribution in [0, 0.1) is 13.8 Å². The molecule has 12 nitrogen and oxygen atoms in total. The number of azo groups is 2. The third kappa shape index (κ3) is 8.00. The monoisotopic (exact) mass is 726 g/mol. The van der Waals surface area contributed by atoms with Gasteiger partial charge in [0.2, 0.25) is 0 Å². The number of rotatable bonds is 7. The standard InChI is InChI=1S/C34H26N4O8S2.2Na/c1-19-15-25(31(47(41,42)43)17-27(19)35-37-33-23-9-5-3-7-21(23)11-13-29(33)39)26-16-20(2)28(18-32(26)48(44,45)46)36-38-34-24-10-6-4-8-22(24)12-14-30(34)40;;/h3-18,39-40H,1-2H3,(H,41,42,43)(H,44,45,46);;/q;2*+1/p-2. The Morgan fingerprint density at radius 1 is 0.520 bits per heavy atom. The zero-order valence-electron chi connectivity index (χ0n) is 27.2. The molecule has 0 aromatic heterocycles. The number of aryl methyl sites for hydroxylation is 2. The number of nitrogens with zero attached hydrogens (tertiary/aromatic N) is 4. The maximum atomic E-state index is 12.6. The number of phenolic OH excluding ortho intramolecular Hbond substituents is 2. The van der Waals surface area contributed by atoms with E-state index in [0.717, 1.165) is 22.9 Å². The van der Waals surface area contributed by atoms with Crippen LogP contribution in [0.1, 0.15) is 11.1 Å². The van der Waals surface area contributed by atoms with Crippen molar-refractivity contribution in [2.45, 2.75) is 23.6 Å². The Bertz CT molecular complexity index is 2400. The van der Waals surface area contributed by atoms with Crippen LogP contribution < -0.4 is 59.1 Å². The van der Waals surface area contributed by atoms with Gasteiger partial charge in [-0.2, -0.15) is 10.2 Å². The van der Waals surface area contributed by atoms with Gasteiger partial charge in [0.15, 0.2) is 0 Å². The number of aromatic hydroxyl groups is 2. The van der Waals surface area contributed by atoms with Crippen molar-refractivity contribution in [3.63, 3.8) is 0 Å². The van der Waals surface area contributed by atoms with Crippen LogP contribution in [0.25, 0.3) is 32.7 Å². The van der Waals surface area contributed by atoms with Crippen molar-refractivity contribution < 1.29 is 95.3 Å². The van der Waals surface area contributed by atoms with Gasteiger partial charge in [-0.15, -0.1) is 10.2 Å². The quantitative estimate of drug-likeness (QED) is 0.142. The Morgan fingerprint density at radius 3 is 1.24 bits per heavy atom. The van der Waals surface area contributed by atoms with Crippen LogP contribution in [0.3, 0.4) is 0 Å². The maximum absolute atomic E-state index is 12.6. The largest absolute Gasteiger partial charge is 1.00 e. The molecule has 6 rings (SSSR count). The Morgan fingerprint density at radius 2 is 0.880 bits per heavy atom. The second-order valence-corrected chi connectivity index (χ2v) is 13.6. The first-order valence-corrected chi connectivity index (χ1v) is 17.0. The summed E-state index contributed by atoms with van der Waals surface area (Å²) in [5, 5.41) is 40.0. The van der Waals surface area contributed by atoms with Crippen molar-refractivity contribution in [2.24, 2.45) is 20.5 Å². The minimum atomic E-state index is -5.27. The average molecular weight is 727 g/mol. The maximum Gasteiger partial charge on any atom is 1.00 e. The van der Waals surface area contributed by atoms with Gasteiger partial charge >= 0.3 is 59.1 Å². The van der Waals surface area contributed by atoms with E-state index in [0.29, 0.717) is 10.8 Å². The normalized spacial score (nSPS) is 12.0. The van der Waals surface area contributed by atoms with Gasteiger partial charge in [-0.05, 0) is 72.1 Å². The molecule has 2 N–H and O–H groups in total. The molecule has 0 radical (unpaired) electrons. The first kappa shape index (κ1) is 39.2. The summed E-state index contributed by atoms with van der Waals surface area (Å²) in [6.07, 6.45) is 0. The molecule has 0 bridgehead atoms. The van der Waals surface area contributed by atoms with Gasteiger partial charge in [0.25, 0.3) is 0 Å². The molecule has 0 saturated heterocycles. The third-order valence-electron chi connectivity index (χ3n) is 7.70. The van der Waals surface area contributed by atoms with E-state index in [4.69, 9.17) is 0 Å². The molecule has 6 aromatic carbocycles. The molecule has 0 aliphatic carbocycles. The zero-order chi connectivity index (χ0) is 34.4. The van der Waals surface area contributed by atoms with Crippen molar-refractivity contribution in [3.8, 4) is 22.6 Å². The molecule has 0 aliphatic heterocycles. The smallest absolute Gasteiger partial charge is 0.744 e. The summed E-state index contributed by atoms with van der Waals surface area (Å²) in [6, 6.07) is 24.7. The fourth-order valence-corrected chi connectivity index (χ4v) is 6.70. The minimum Gasteiger partial charge on any atom is -0.744 e. The van der Waals surface area contributed by atoms with Crippen molar-refractivity contribution in [3.05, 3.63) is 108 Å². The van der Waals surface area contributed by atoms with Crippen LogP contribution in [-0.2, 0) is 20.2 Å². The van der Waals surface area contributed by atoms with E-state index in [1.54, 1.807) is 60.7 Å². The fraction of sp³-hybridized carbons (Fsp3) is 0.0588. The Hall–Kier alpha value is -3.54. The summed E-state index contributed by atoms with van der Waals surface area (Å²) in [6.45, 7) is 3.05. The second kappa shape index (κ2) is 15.4. The van der Waals surface area contributed by atoms with E-state index in [2.05, 4.69) is 20.5 Å². The number of hydrogen-bond donors (Lipinski definition) is 2. The molecule has 6 aromatic rings. The number of benzene rings is 6. The van der Waals surface area contributed by atoms with Gasteiger partial charge in [-0.3, -0.25) is 0 Å². The van der Waals surface area contributed by atoms with Crippen LogP contribution in [0.2, 0.25) is 0 Å². The summed E-state index contributed by atoms with van der Waals surface area (Å²) in [7, 11) is -10.5. The van der Waals surface area contributed by atoms with Crippen molar-refractivity contribution in [2.75, 3.05) is 0 Å². The molecule has 16 heteroatoms. The van der Waals surface area contributed by atoms with E-state index >= 15 is 0 Å². The molecular weight excluding hydrogens is 703 g/mol. The number of hydrogen-bond acceptors (Lipinski definition) is 12. The van der Waals surface area contributed by atoms with Crippen molar-refractivity contribution in [1.29, 1.82) is 0 Å².